The maximum atomic E-state index is 12.9. The first kappa shape index (κ1) is 19.9. The van der Waals surface area contributed by atoms with Crippen LogP contribution < -0.4 is 10.1 Å². The molecule has 2 rings (SSSR count). The van der Waals surface area contributed by atoms with Gasteiger partial charge in [0.2, 0.25) is 5.91 Å². The van der Waals surface area contributed by atoms with Crippen molar-refractivity contribution >= 4 is 27.7 Å². The number of benzene rings is 2. The summed E-state index contributed by atoms with van der Waals surface area (Å²) in [5.41, 5.74) is 0.880. The number of amides is 2. The second-order valence-electron chi connectivity index (χ2n) is 5.68. The number of hydrogen-bond acceptors (Lipinski definition) is 3. The molecule has 0 saturated carbocycles. The van der Waals surface area contributed by atoms with E-state index in [1.807, 2.05) is 24.3 Å². The number of carbonyl (C=O) groups is 2. The van der Waals surface area contributed by atoms with Crippen molar-refractivity contribution in [3.63, 3.8) is 0 Å². The minimum absolute atomic E-state index is 0.249. The van der Waals surface area contributed by atoms with E-state index in [0.29, 0.717) is 5.75 Å². The van der Waals surface area contributed by atoms with Crippen molar-refractivity contribution in [1.29, 1.82) is 0 Å². The zero-order valence-electron chi connectivity index (χ0n) is 14.5. The second kappa shape index (κ2) is 9.33. The standard InChI is InChI=1S/C19H20BrFN2O3/c1-13(19(25)22-2)23(11-14-4-3-5-15(20)10-14)18(24)12-26-17-8-6-16(21)7-9-17/h3-10,13H,11-12H2,1-2H3,(H,22,25)/t13-/m0/s1. The van der Waals surface area contributed by atoms with Crippen LogP contribution in [0.5, 0.6) is 5.75 Å². The van der Waals surface area contributed by atoms with Gasteiger partial charge in [0.05, 0.1) is 0 Å². The van der Waals surface area contributed by atoms with Crippen molar-refractivity contribution in [3.8, 4) is 5.75 Å². The van der Waals surface area contributed by atoms with Crippen LogP contribution in [0.3, 0.4) is 0 Å². The smallest absolute Gasteiger partial charge is 0.261 e. The average molecular weight is 423 g/mol. The fraction of sp³-hybridized carbons (Fsp3) is 0.263. The molecule has 0 spiro atoms. The number of ether oxygens (including phenoxy) is 1. The number of hydrogen-bond donors (Lipinski definition) is 1. The first-order valence-electron chi connectivity index (χ1n) is 8.04. The van der Waals surface area contributed by atoms with Gasteiger partial charge >= 0.3 is 0 Å². The Morgan fingerprint density at radius 2 is 1.92 bits per heavy atom. The predicted molar refractivity (Wildman–Crippen MR) is 100 cm³/mol. The fourth-order valence-electron chi connectivity index (χ4n) is 2.38. The Morgan fingerprint density at radius 3 is 2.54 bits per heavy atom. The summed E-state index contributed by atoms with van der Waals surface area (Å²) < 4.78 is 19.3. The van der Waals surface area contributed by atoms with Gasteiger partial charge in [-0.05, 0) is 48.9 Å². The Balaban J connectivity index is 2.12. The third-order valence-electron chi connectivity index (χ3n) is 3.83. The molecule has 1 atom stereocenters. The van der Waals surface area contributed by atoms with Crippen molar-refractivity contribution in [2.75, 3.05) is 13.7 Å². The van der Waals surface area contributed by atoms with Crippen molar-refractivity contribution in [3.05, 3.63) is 64.4 Å². The number of likely N-dealkylation sites (N-methyl/N-ethyl adjacent to an activating group) is 1. The molecule has 2 amide bonds. The lowest BCUT2D eigenvalue weighted by molar-refractivity contribution is -0.142. The Morgan fingerprint density at radius 1 is 1.23 bits per heavy atom. The molecule has 0 radical (unpaired) electrons. The highest BCUT2D eigenvalue weighted by atomic mass is 79.9. The SMILES string of the molecule is CNC(=O)[C@H](C)N(Cc1cccc(Br)c1)C(=O)COc1ccc(F)cc1. The van der Waals surface area contributed by atoms with Crippen LogP contribution in [-0.2, 0) is 16.1 Å². The molecule has 0 bridgehead atoms. The highest BCUT2D eigenvalue weighted by Crippen LogP contribution is 2.16. The molecule has 7 heteroatoms. The lowest BCUT2D eigenvalue weighted by atomic mass is 10.1. The molecule has 0 aliphatic rings. The van der Waals surface area contributed by atoms with Gasteiger partial charge in [-0.3, -0.25) is 9.59 Å². The summed E-state index contributed by atoms with van der Waals surface area (Å²) in [5, 5.41) is 2.55. The maximum absolute atomic E-state index is 12.9. The average Bonchev–Trinajstić information content (AvgIpc) is 2.64. The Labute approximate surface area is 160 Å². The first-order valence-corrected chi connectivity index (χ1v) is 8.84. The van der Waals surface area contributed by atoms with Gasteiger partial charge in [0.25, 0.3) is 5.91 Å². The predicted octanol–water partition coefficient (Wildman–Crippen LogP) is 3.13. The van der Waals surface area contributed by atoms with Crippen LogP contribution in [0, 0.1) is 5.82 Å². The summed E-state index contributed by atoms with van der Waals surface area (Å²) in [6.07, 6.45) is 0. The van der Waals surface area contributed by atoms with Crippen LogP contribution >= 0.6 is 15.9 Å². The number of rotatable bonds is 7. The van der Waals surface area contributed by atoms with E-state index in [1.165, 1.54) is 36.2 Å². The molecular formula is C19H20BrFN2O3. The van der Waals surface area contributed by atoms with Gasteiger partial charge in [0, 0.05) is 18.1 Å². The molecule has 26 heavy (non-hydrogen) atoms. The largest absolute Gasteiger partial charge is 0.484 e. The van der Waals surface area contributed by atoms with E-state index < -0.39 is 6.04 Å². The highest BCUT2D eigenvalue weighted by Gasteiger charge is 2.25. The normalized spacial score (nSPS) is 11.5. The number of nitrogens with zero attached hydrogens (tertiary/aromatic N) is 1. The fourth-order valence-corrected chi connectivity index (χ4v) is 2.83. The molecule has 0 aliphatic carbocycles. The van der Waals surface area contributed by atoms with Crippen LogP contribution in [0.15, 0.2) is 53.0 Å². The lowest BCUT2D eigenvalue weighted by Crippen LogP contribution is -2.48. The van der Waals surface area contributed by atoms with Crippen molar-refractivity contribution in [1.82, 2.24) is 10.2 Å². The lowest BCUT2D eigenvalue weighted by Gasteiger charge is -2.28. The molecule has 1 N–H and O–H groups in total. The zero-order chi connectivity index (χ0) is 19.1. The topological polar surface area (TPSA) is 58.6 Å². The van der Waals surface area contributed by atoms with E-state index in [2.05, 4.69) is 21.2 Å². The summed E-state index contributed by atoms with van der Waals surface area (Å²) in [7, 11) is 1.52. The Kier molecular flexibility index (Phi) is 7.15. The third kappa shape index (κ3) is 5.56. The van der Waals surface area contributed by atoms with Gasteiger partial charge < -0.3 is 15.0 Å². The quantitative estimate of drug-likeness (QED) is 0.745. The second-order valence-corrected chi connectivity index (χ2v) is 6.60. The molecule has 2 aromatic carbocycles. The van der Waals surface area contributed by atoms with Crippen LogP contribution in [0.25, 0.3) is 0 Å². The molecule has 0 aromatic heterocycles. The summed E-state index contributed by atoms with van der Waals surface area (Å²) >= 11 is 3.40. The molecule has 138 valence electrons. The Bertz CT molecular complexity index is 768. The molecule has 0 unspecified atom stereocenters. The van der Waals surface area contributed by atoms with Crippen molar-refractivity contribution in [2.45, 2.75) is 19.5 Å². The minimum atomic E-state index is -0.664. The first-order chi connectivity index (χ1) is 12.4. The number of carbonyl (C=O) groups excluding carboxylic acids is 2. The van der Waals surface area contributed by atoms with E-state index >= 15 is 0 Å². The van der Waals surface area contributed by atoms with Crippen LogP contribution in [0.4, 0.5) is 4.39 Å². The van der Waals surface area contributed by atoms with E-state index in [0.717, 1.165) is 10.0 Å². The van der Waals surface area contributed by atoms with Crippen LogP contribution in [0.1, 0.15) is 12.5 Å². The molecule has 0 heterocycles. The van der Waals surface area contributed by atoms with E-state index in [4.69, 9.17) is 4.74 Å². The number of nitrogens with one attached hydrogen (secondary N) is 1. The van der Waals surface area contributed by atoms with E-state index in [9.17, 15) is 14.0 Å². The van der Waals surface area contributed by atoms with Crippen LogP contribution in [0.2, 0.25) is 0 Å². The van der Waals surface area contributed by atoms with Crippen molar-refractivity contribution in [2.24, 2.45) is 0 Å². The van der Waals surface area contributed by atoms with Gasteiger partial charge in [0.15, 0.2) is 6.61 Å². The van der Waals surface area contributed by atoms with Gasteiger partial charge in [-0.1, -0.05) is 28.1 Å². The van der Waals surface area contributed by atoms with Gasteiger partial charge in [-0.2, -0.15) is 0 Å². The molecule has 5 nitrogen and oxygen atoms in total. The molecule has 2 aromatic rings. The van der Waals surface area contributed by atoms with Crippen LogP contribution in [-0.4, -0.2) is 36.4 Å². The van der Waals surface area contributed by atoms with Gasteiger partial charge in [-0.15, -0.1) is 0 Å². The molecule has 0 aliphatic heterocycles. The number of halogens is 2. The molecular weight excluding hydrogens is 403 g/mol. The van der Waals surface area contributed by atoms with E-state index in [-0.39, 0.29) is 30.8 Å². The molecule has 0 saturated heterocycles. The summed E-state index contributed by atoms with van der Waals surface area (Å²) in [6.45, 7) is 1.67. The molecule has 0 fully saturated rings. The highest BCUT2D eigenvalue weighted by molar-refractivity contribution is 9.10. The summed E-state index contributed by atoms with van der Waals surface area (Å²) in [5.74, 6) is -0.608. The maximum Gasteiger partial charge on any atom is 0.261 e. The third-order valence-corrected chi connectivity index (χ3v) is 4.32. The monoisotopic (exact) mass is 422 g/mol. The Hall–Kier alpha value is -2.41. The summed E-state index contributed by atoms with van der Waals surface area (Å²) in [6, 6.07) is 12.3. The van der Waals surface area contributed by atoms with Gasteiger partial charge in [0.1, 0.15) is 17.6 Å². The van der Waals surface area contributed by atoms with Crippen molar-refractivity contribution < 1.29 is 18.7 Å². The van der Waals surface area contributed by atoms with E-state index in [1.54, 1.807) is 6.92 Å². The zero-order valence-corrected chi connectivity index (χ0v) is 16.1. The minimum Gasteiger partial charge on any atom is -0.484 e. The summed E-state index contributed by atoms with van der Waals surface area (Å²) in [4.78, 5) is 26.1. The van der Waals surface area contributed by atoms with Gasteiger partial charge in [-0.25, -0.2) is 4.39 Å².